The van der Waals surface area contributed by atoms with Gasteiger partial charge in [0.05, 0.1) is 13.2 Å². The predicted octanol–water partition coefficient (Wildman–Crippen LogP) is 8.22. The minimum Gasteiger partial charge on any atom is -0.373 e. The zero-order valence-corrected chi connectivity index (χ0v) is 18.7. The summed E-state index contributed by atoms with van der Waals surface area (Å²) in [6.45, 7) is 7.31. The fraction of sp³-hybridized carbons (Fsp3) is 0.643. The summed E-state index contributed by atoms with van der Waals surface area (Å²) in [5, 5.41) is 0. The summed E-state index contributed by atoms with van der Waals surface area (Å²) in [6.07, 6.45) is 21.8. The third-order valence-electron chi connectivity index (χ3n) is 7.52. The first-order valence-electron chi connectivity index (χ1n) is 12.2. The Kier molecular flexibility index (Phi) is 9.54. The van der Waals surface area contributed by atoms with Gasteiger partial charge in [-0.1, -0.05) is 61.8 Å². The minimum atomic E-state index is 0.707. The van der Waals surface area contributed by atoms with Crippen LogP contribution in [0.2, 0.25) is 0 Å². The maximum absolute atomic E-state index is 5.67. The molecule has 29 heavy (non-hydrogen) atoms. The van der Waals surface area contributed by atoms with Crippen molar-refractivity contribution in [2.45, 2.75) is 90.1 Å². The molecule has 0 spiro atoms. The molecule has 0 atom stereocenters. The van der Waals surface area contributed by atoms with Crippen LogP contribution in [0.3, 0.4) is 0 Å². The van der Waals surface area contributed by atoms with E-state index in [1.165, 1.54) is 76.2 Å². The van der Waals surface area contributed by atoms with Gasteiger partial charge < -0.3 is 4.74 Å². The molecule has 0 saturated heterocycles. The number of ether oxygens (including phenoxy) is 1. The molecule has 0 unspecified atom stereocenters. The molecule has 1 aromatic carbocycles. The first-order valence-corrected chi connectivity index (χ1v) is 12.2. The third kappa shape index (κ3) is 7.14. The summed E-state index contributed by atoms with van der Waals surface area (Å²) in [5.41, 5.74) is 2.84. The first kappa shape index (κ1) is 22.3. The molecule has 0 amide bonds. The van der Waals surface area contributed by atoms with Gasteiger partial charge in [0.15, 0.2) is 0 Å². The van der Waals surface area contributed by atoms with Crippen molar-refractivity contribution in [3.05, 3.63) is 60.2 Å². The summed E-state index contributed by atoms with van der Waals surface area (Å²) in [5.74, 6) is 3.80. The maximum Gasteiger partial charge on any atom is 0.0721 e. The second-order valence-electron chi connectivity index (χ2n) is 9.44. The van der Waals surface area contributed by atoms with Crippen LogP contribution in [-0.2, 0) is 11.3 Å². The second-order valence-corrected chi connectivity index (χ2v) is 9.44. The number of hydrogen-bond donors (Lipinski definition) is 0. The molecule has 0 heterocycles. The van der Waals surface area contributed by atoms with E-state index < -0.39 is 0 Å². The summed E-state index contributed by atoms with van der Waals surface area (Å²) in [6, 6.07) is 9.25. The van der Waals surface area contributed by atoms with E-state index in [9.17, 15) is 0 Å². The first-order chi connectivity index (χ1) is 14.3. The lowest BCUT2D eigenvalue weighted by atomic mass is 9.68. The summed E-state index contributed by atoms with van der Waals surface area (Å²) >= 11 is 0. The second kappa shape index (κ2) is 12.4. The van der Waals surface area contributed by atoms with Crippen molar-refractivity contribution in [3.63, 3.8) is 0 Å². The predicted molar refractivity (Wildman–Crippen MR) is 125 cm³/mol. The van der Waals surface area contributed by atoms with Gasteiger partial charge in [-0.05, 0) is 93.1 Å². The van der Waals surface area contributed by atoms with Crippen LogP contribution in [0.4, 0.5) is 0 Å². The van der Waals surface area contributed by atoms with Gasteiger partial charge in [-0.15, -0.1) is 6.58 Å². The van der Waals surface area contributed by atoms with E-state index in [0.29, 0.717) is 13.2 Å². The molecule has 0 radical (unpaired) electrons. The Morgan fingerprint density at radius 3 is 2.21 bits per heavy atom. The molecular formula is C28H42O. The van der Waals surface area contributed by atoms with Crippen LogP contribution in [0.5, 0.6) is 0 Å². The van der Waals surface area contributed by atoms with E-state index in [1.54, 1.807) is 5.56 Å². The van der Waals surface area contributed by atoms with E-state index in [1.807, 2.05) is 13.0 Å². The Balaban J connectivity index is 1.37. The smallest absolute Gasteiger partial charge is 0.0721 e. The highest BCUT2D eigenvalue weighted by molar-refractivity contribution is 5.25. The van der Waals surface area contributed by atoms with Crippen molar-refractivity contribution >= 4 is 0 Å². The Morgan fingerprint density at radius 2 is 1.59 bits per heavy atom. The zero-order chi connectivity index (χ0) is 20.3. The van der Waals surface area contributed by atoms with E-state index in [-0.39, 0.29) is 0 Å². The van der Waals surface area contributed by atoms with Gasteiger partial charge in [0.1, 0.15) is 0 Å². The lowest BCUT2D eigenvalue weighted by Gasteiger charge is -2.38. The molecule has 1 nitrogen and oxygen atoms in total. The number of rotatable bonds is 10. The highest BCUT2D eigenvalue weighted by Crippen LogP contribution is 2.44. The van der Waals surface area contributed by atoms with Crippen LogP contribution in [0.1, 0.15) is 94.6 Å². The van der Waals surface area contributed by atoms with Gasteiger partial charge in [0, 0.05) is 0 Å². The van der Waals surface area contributed by atoms with Crippen LogP contribution in [-0.4, -0.2) is 6.61 Å². The summed E-state index contributed by atoms with van der Waals surface area (Å²) in [7, 11) is 0. The summed E-state index contributed by atoms with van der Waals surface area (Å²) in [4.78, 5) is 0. The molecule has 3 rings (SSSR count). The molecule has 2 aliphatic carbocycles. The number of benzene rings is 1. The zero-order valence-electron chi connectivity index (χ0n) is 18.7. The maximum atomic E-state index is 5.67. The van der Waals surface area contributed by atoms with Crippen LogP contribution in [0.25, 0.3) is 0 Å². The molecule has 0 N–H and O–H groups in total. The normalized spacial score (nSPS) is 27.9. The molecule has 2 aliphatic rings. The fourth-order valence-corrected chi connectivity index (χ4v) is 5.65. The van der Waals surface area contributed by atoms with Crippen molar-refractivity contribution in [1.82, 2.24) is 0 Å². The van der Waals surface area contributed by atoms with E-state index in [0.717, 1.165) is 23.7 Å². The number of allylic oxidation sites excluding steroid dienone is 2. The molecule has 1 aromatic rings. The van der Waals surface area contributed by atoms with Crippen molar-refractivity contribution in [1.29, 1.82) is 0 Å². The lowest BCUT2D eigenvalue weighted by molar-refractivity contribution is 0.148. The Morgan fingerprint density at radius 1 is 0.931 bits per heavy atom. The molecule has 0 aromatic heterocycles. The van der Waals surface area contributed by atoms with Crippen molar-refractivity contribution in [2.75, 3.05) is 6.61 Å². The van der Waals surface area contributed by atoms with Gasteiger partial charge in [-0.3, -0.25) is 0 Å². The Hall–Kier alpha value is -1.34. The molecule has 2 fully saturated rings. The average Bonchev–Trinajstić information content (AvgIpc) is 2.78. The van der Waals surface area contributed by atoms with Gasteiger partial charge in [-0.25, -0.2) is 0 Å². The van der Waals surface area contributed by atoms with Gasteiger partial charge in [0.2, 0.25) is 0 Å². The minimum absolute atomic E-state index is 0.707. The molecular weight excluding hydrogens is 352 g/mol. The highest BCUT2D eigenvalue weighted by Gasteiger charge is 2.31. The van der Waals surface area contributed by atoms with Crippen LogP contribution in [0, 0.1) is 17.8 Å². The van der Waals surface area contributed by atoms with Crippen molar-refractivity contribution < 1.29 is 4.74 Å². The monoisotopic (exact) mass is 394 g/mol. The lowest BCUT2D eigenvalue weighted by Crippen LogP contribution is -2.25. The number of unbranched alkanes of at least 4 members (excludes halogenated alkanes) is 1. The van der Waals surface area contributed by atoms with Crippen LogP contribution < -0.4 is 0 Å². The average molecular weight is 395 g/mol. The topological polar surface area (TPSA) is 9.23 Å². The largest absolute Gasteiger partial charge is 0.373 e. The van der Waals surface area contributed by atoms with Crippen LogP contribution in [0.15, 0.2) is 49.1 Å². The van der Waals surface area contributed by atoms with E-state index >= 15 is 0 Å². The highest BCUT2D eigenvalue weighted by atomic mass is 16.5. The van der Waals surface area contributed by atoms with Gasteiger partial charge >= 0.3 is 0 Å². The van der Waals surface area contributed by atoms with Gasteiger partial charge in [-0.2, -0.15) is 0 Å². The third-order valence-corrected chi connectivity index (χ3v) is 7.52. The molecule has 2 saturated carbocycles. The Labute approximate surface area is 179 Å². The Bertz CT molecular complexity index is 598. The molecule has 0 aliphatic heterocycles. The standard InChI is InChI=1S/C28H42O/c1-3-5-7-8-23-9-13-25(14-10-23)27-17-19-28(20-18-27)26-15-11-24(12-16-26)22-29-21-6-4-2/h3-4,6,11-12,15-16,23,25,27-28H,1,5,7-10,13-14,17-22H2,2H3/b6-4+. The van der Waals surface area contributed by atoms with Crippen molar-refractivity contribution in [2.24, 2.45) is 17.8 Å². The number of hydrogen-bond acceptors (Lipinski definition) is 1. The SMILES string of the molecule is C=CCCCC1CCC(C2CCC(c3ccc(COC/C=C/C)cc3)CC2)CC1. The van der Waals surface area contributed by atoms with Gasteiger partial charge in [0.25, 0.3) is 0 Å². The van der Waals surface area contributed by atoms with Crippen LogP contribution >= 0.6 is 0 Å². The molecule has 160 valence electrons. The van der Waals surface area contributed by atoms with E-state index in [4.69, 9.17) is 4.74 Å². The quantitative estimate of drug-likeness (QED) is 0.287. The van der Waals surface area contributed by atoms with E-state index in [2.05, 4.69) is 43.0 Å². The fourth-order valence-electron chi connectivity index (χ4n) is 5.65. The van der Waals surface area contributed by atoms with Crippen molar-refractivity contribution in [3.8, 4) is 0 Å². The molecule has 0 bridgehead atoms. The molecule has 1 heteroatoms. The summed E-state index contributed by atoms with van der Waals surface area (Å²) < 4.78 is 5.67.